The van der Waals surface area contributed by atoms with Crippen molar-refractivity contribution in [1.82, 2.24) is 5.43 Å². The maximum Gasteiger partial charge on any atom is 0.350 e. The molecule has 0 atom stereocenters. The Balaban J connectivity index is 3.04. The summed E-state index contributed by atoms with van der Waals surface area (Å²) in [5.74, 6) is 9.55. The molecule has 1 aromatic rings. The number of nitrogens with zero attached hydrogens (tertiary/aromatic N) is 4. The Morgan fingerprint density at radius 1 is 1.47 bits per heavy atom. The summed E-state index contributed by atoms with van der Waals surface area (Å²) >= 11 is 0. The third-order valence-corrected chi connectivity index (χ3v) is 1.85. The minimum absolute atomic E-state index is 0.112. The summed E-state index contributed by atoms with van der Waals surface area (Å²) < 4.78 is 0. The first-order valence-corrected chi connectivity index (χ1v) is 4.35. The zero-order valence-corrected chi connectivity index (χ0v) is 8.57. The third-order valence-electron chi connectivity index (χ3n) is 1.85. The van der Waals surface area contributed by atoms with E-state index in [1.165, 1.54) is 24.3 Å². The number of hydrazine groups is 2. The van der Waals surface area contributed by atoms with Gasteiger partial charge in [0.15, 0.2) is 0 Å². The summed E-state index contributed by atoms with van der Waals surface area (Å²) in [6.07, 6.45) is 0. The van der Waals surface area contributed by atoms with E-state index in [1.54, 1.807) is 0 Å². The second kappa shape index (κ2) is 5.47. The van der Waals surface area contributed by atoms with E-state index >= 15 is 0 Å². The monoisotopic (exact) mass is 235 g/mol. The molecule has 0 saturated carbocycles. The van der Waals surface area contributed by atoms with Crippen molar-refractivity contribution < 1.29 is 9.59 Å². The van der Waals surface area contributed by atoms with Crippen LogP contribution in [-0.2, 0) is 0 Å². The molecule has 0 radical (unpaired) electrons. The van der Waals surface area contributed by atoms with Crippen molar-refractivity contribution >= 4 is 17.6 Å². The topological polar surface area (TPSA) is 150 Å². The molecular weight excluding hydrogens is 226 g/mol. The number of urea groups is 1. The lowest BCUT2D eigenvalue weighted by molar-refractivity contribution is 0.100. The van der Waals surface area contributed by atoms with Crippen LogP contribution < -0.4 is 22.1 Å². The van der Waals surface area contributed by atoms with E-state index in [2.05, 4.69) is 10.0 Å². The van der Waals surface area contributed by atoms with Gasteiger partial charge in [-0.2, -0.15) is 0 Å². The first-order chi connectivity index (χ1) is 8.10. The molecule has 0 heterocycles. The molecule has 9 heteroatoms. The molecule has 5 N–H and O–H groups in total. The summed E-state index contributed by atoms with van der Waals surface area (Å²) in [6.45, 7) is 0. The van der Waals surface area contributed by atoms with Gasteiger partial charge in [0.2, 0.25) is 5.91 Å². The van der Waals surface area contributed by atoms with Crippen LogP contribution in [0.25, 0.3) is 10.4 Å². The number of carbonyl (C=O) groups is 2. The quantitative estimate of drug-likeness (QED) is 0.170. The molecule has 0 fully saturated rings. The van der Waals surface area contributed by atoms with Crippen LogP contribution in [0.15, 0.2) is 29.4 Å². The molecule has 0 saturated heterocycles. The highest BCUT2D eigenvalue weighted by molar-refractivity contribution is 5.97. The molecule has 3 amide bonds. The van der Waals surface area contributed by atoms with E-state index in [4.69, 9.17) is 17.2 Å². The van der Waals surface area contributed by atoms with Gasteiger partial charge in [-0.05, 0) is 22.8 Å². The van der Waals surface area contributed by atoms with E-state index in [9.17, 15) is 9.59 Å². The Hall–Kier alpha value is -2.61. The smallest absolute Gasteiger partial charge is 0.287 e. The summed E-state index contributed by atoms with van der Waals surface area (Å²) in [7, 11) is 0. The first kappa shape index (κ1) is 12.5. The van der Waals surface area contributed by atoms with Gasteiger partial charge in [0.25, 0.3) is 0 Å². The summed E-state index contributed by atoms with van der Waals surface area (Å²) in [5.41, 5.74) is 10.3. The Morgan fingerprint density at radius 3 is 2.76 bits per heavy atom. The lowest BCUT2D eigenvalue weighted by Gasteiger charge is -2.15. The lowest BCUT2D eigenvalue weighted by Crippen LogP contribution is -2.47. The van der Waals surface area contributed by atoms with Crippen molar-refractivity contribution in [2.24, 2.45) is 16.8 Å². The van der Waals surface area contributed by atoms with Crippen LogP contribution in [0.5, 0.6) is 0 Å². The average Bonchev–Trinajstić information content (AvgIpc) is 2.37. The highest BCUT2D eigenvalue weighted by Crippen LogP contribution is 2.14. The second-order valence-electron chi connectivity index (χ2n) is 2.86. The zero-order chi connectivity index (χ0) is 12.8. The molecule has 9 nitrogen and oxygen atoms in total. The number of anilines is 1. The molecular formula is C8H9N7O2. The van der Waals surface area contributed by atoms with Crippen LogP contribution in [0.3, 0.4) is 0 Å². The molecule has 0 aromatic heterocycles. The maximum absolute atomic E-state index is 11.3. The van der Waals surface area contributed by atoms with Crippen molar-refractivity contribution in [3.8, 4) is 0 Å². The van der Waals surface area contributed by atoms with Gasteiger partial charge in [0.1, 0.15) is 0 Å². The van der Waals surface area contributed by atoms with E-state index in [0.29, 0.717) is 5.01 Å². The highest BCUT2D eigenvalue weighted by Gasteiger charge is 2.11. The number of benzene rings is 1. The molecule has 17 heavy (non-hydrogen) atoms. The van der Waals surface area contributed by atoms with E-state index in [1.807, 2.05) is 5.43 Å². The molecule has 0 aliphatic heterocycles. The van der Waals surface area contributed by atoms with Crippen molar-refractivity contribution in [3.63, 3.8) is 0 Å². The van der Waals surface area contributed by atoms with Crippen molar-refractivity contribution in [3.05, 3.63) is 40.3 Å². The molecule has 1 rings (SSSR count). The van der Waals surface area contributed by atoms with Gasteiger partial charge in [-0.25, -0.2) is 21.5 Å². The second-order valence-corrected chi connectivity index (χ2v) is 2.86. The number of nitrogens with one attached hydrogen (secondary N) is 1. The number of hydrogen-bond donors (Lipinski definition) is 3. The average molecular weight is 235 g/mol. The largest absolute Gasteiger partial charge is 0.350 e. The molecule has 0 spiro atoms. The van der Waals surface area contributed by atoms with Gasteiger partial charge in [0, 0.05) is 10.5 Å². The third kappa shape index (κ3) is 2.92. The molecule has 0 bridgehead atoms. The fourth-order valence-corrected chi connectivity index (χ4v) is 1.07. The normalized spacial score (nSPS) is 9.06. The minimum atomic E-state index is -0.768. The lowest BCUT2D eigenvalue weighted by atomic mass is 10.2. The van der Waals surface area contributed by atoms with Crippen molar-refractivity contribution in [1.29, 1.82) is 0 Å². The standard InChI is InChI=1S/C8H9N7O2/c9-12-8(17)15(11)6-3-1-2-5(4-6)7(16)13-14-10/h1-4H,9,11H2,(H,12,17). The predicted octanol–water partition coefficient (Wildman–Crippen LogP) is 0.401. The van der Waals surface area contributed by atoms with Crippen molar-refractivity contribution in [2.45, 2.75) is 0 Å². The Bertz CT molecular complexity index is 494. The van der Waals surface area contributed by atoms with Gasteiger partial charge in [-0.15, -0.1) is 0 Å². The van der Waals surface area contributed by atoms with E-state index in [0.717, 1.165) is 0 Å². The number of hydrogen-bond acceptors (Lipinski definition) is 4. The van der Waals surface area contributed by atoms with Gasteiger partial charge < -0.3 is 0 Å². The van der Waals surface area contributed by atoms with Gasteiger partial charge in [0.05, 0.1) is 5.69 Å². The Morgan fingerprint density at radius 2 is 2.18 bits per heavy atom. The number of carbonyl (C=O) groups excluding carboxylic acids is 2. The number of azide groups is 1. The summed E-state index contributed by atoms with van der Waals surface area (Å²) in [4.78, 5) is 24.7. The highest BCUT2D eigenvalue weighted by atomic mass is 16.2. The van der Waals surface area contributed by atoms with Crippen LogP contribution in [0.2, 0.25) is 0 Å². The fourth-order valence-electron chi connectivity index (χ4n) is 1.07. The first-order valence-electron chi connectivity index (χ1n) is 4.35. The maximum atomic E-state index is 11.3. The number of amides is 3. The van der Waals surface area contributed by atoms with Gasteiger partial charge in [-0.3, -0.25) is 10.2 Å². The molecule has 0 aliphatic carbocycles. The zero-order valence-electron chi connectivity index (χ0n) is 8.57. The molecule has 0 unspecified atom stereocenters. The van der Waals surface area contributed by atoms with Crippen LogP contribution >= 0.6 is 0 Å². The fraction of sp³-hybridized carbons (Fsp3) is 0. The van der Waals surface area contributed by atoms with Crippen LogP contribution in [-0.4, -0.2) is 11.9 Å². The van der Waals surface area contributed by atoms with E-state index < -0.39 is 11.9 Å². The number of rotatable bonds is 2. The van der Waals surface area contributed by atoms with Crippen LogP contribution in [0.1, 0.15) is 10.4 Å². The van der Waals surface area contributed by atoms with E-state index in [-0.39, 0.29) is 11.3 Å². The van der Waals surface area contributed by atoms with Crippen LogP contribution in [0.4, 0.5) is 10.5 Å². The SMILES string of the molecule is [N-]=[N+]=NC(=O)c1cccc(N(N)C(=O)NN)c1. The van der Waals surface area contributed by atoms with Crippen LogP contribution in [0, 0.1) is 0 Å². The van der Waals surface area contributed by atoms with Gasteiger partial charge in [-0.1, -0.05) is 12.1 Å². The summed E-state index contributed by atoms with van der Waals surface area (Å²) in [6, 6.07) is 4.95. The molecule has 0 aliphatic rings. The Kier molecular flexibility index (Phi) is 4.01. The Labute approximate surface area is 95.5 Å². The molecule has 88 valence electrons. The van der Waals surface area contributed by atoms with Crippen molar-refractivity contribution in [2.75, 3.05) is 5.01 Å². The summed E-state index contributed by atoms with van der Waals surface area (Å²) in [5, 5.41) is 3.63. The predicted molar refractivity (Wildman–Crippen MR) is 59.3 cm³/mol. The minimum Gasteiger partial charge on any atom is -0.287 e. The number of nitrogens with two attached hydrogens (primary N) is 2. The molecule has 1 aromatic carbocycles. The van der Waals surface area contributed by atoms with Gasteiger partial charge >= 0.3 is 6.03 Å².